The largest absolute Gasteiger partial charge is 0.334 e. The standard InChI is InChI=1S/C7H11ClN2O2S/c1-2-4-10-5-3-9-7(10)6-13(8,11)12/h3,5H,2,4,6H2,1H3. The molecule has 0 aliphatic rings. The SMILES string of the molecule is CCCn1ccnc1CS(=O)(=O)Cl. The molecule has 0 aliphatic heterocycles. The Balaban J connectivity index is 2.82. The topological polar surface area (TPSA) is 52.0 Å². The van der Waals surface area contributed by atoms with E-state index >= 15 is 0 Å². The van der Waals surface area contributed by atoms with Crippen molar-refractivity contribution in [2.45, 2.75) is 25.6 Å². The fraction of sp³-hybridized carbons (Fsp3) is 0.571. The maximum absolute atomic E-state index is 10.8. The minimum atomic E-state index is -3.50. The zero-order valence-corrected chi connectivity index (χ0v) is 8.85. The van der Waals surface area contributed by atoms with Crippen molar-refractivity contribution in [2.24, 2.45) is 0 Å². The van der Waals surface area contributed by atoms with Crippen LogP contribution in [-0.4, -0.2) is 18.0 Å². The van der Waals surface area contributed by atoms with Crippen molar-refractivity contribution in [3.05, 3.63) is 18.2 Å². The van der Waals surface area contributed by atoms with Crippen molar-refractivity contribution in [1.82, 2.24) is 9.55 Å². The summed E-state index contributed by atoms with van der Waals surface area (Å²) >= 11 is 0. The van der Waals surface area contributed by atoms with Crippen molar-refractivity contribution >= 4 is 19.7 Å². The summed E-state index contributed by atoms with van der Waals surface area (Å²) in [7, 11) is 1.62. The van der Waals surface area contributed by atoms with E-state index in [2.05, 4.69) is 4.98 Å². The molecule has 0 bridgehead atoms. The number of halogens is 1. The molecule has 1 rings (SSSR count). The van der Waals surface area contributed by atoms with Gasteiger partial charge in [-0.25, -0.2) is 13.4 Å². The summed E-state index contributed by atoms with van der Waals surface area (Å²) in [5.74, 6) is 0.290. The van der Waals surface area contributed by atoms with Gasteiger partial charge >= 0.3 is 0 Å². The highest BCUT2D eigenvalue weighted by atomic mass is 35.7. The van der Waals surface area contributed by atoms with E-state index in [0.29, 0.717) is 5.82 Å². The minimum absolute atomic E-state index is 0.207. The highest BCUT2D eigenvalue weighted by Crippen LogP contribution is 2.08. The summed E-state index contributed by atoms with van der Waals surface area (Å²) < 4.78 is 23.3. The van der Waals surface area contributed by atoms with Gasteiger partial charge in [-0.3, -0.25) is 0 Å². The number of aromatic nitrogens is 2. The monoisotopic (exact) mass is 222 g/mol. The summed E-state index contributed by atoms with van der Waals surface area (Å²) in [6, 6.07) is 0. The number of aryl methyl sites for hydroxylation is 1. The molecule has 13 heavy (non-hydrogen) atoms. The maximum Gasteiger partial charge on any atom is 0.239 e. The van der Waals surface area contributed by atoms with Crippen LogP contribution in [0.2, 0.25) is 0 Å². The van der Waals surface area contributed by atoms with Gasteiger partial charge in [0.1, 0.15) is 11.6 Å². The zero-order valence-electron chi connectivity index (χ0n) is 7.27. The summed E-state index contributed by atoms with van der Waals surface area (Å²) in [5.41, 5.74) is 0. The number of hydrogen-bond donors (Lipinski definition) is 0. The lowest BCUT2D eigenvalue weighted by molar-refractivity contribution is 0.600. The number of imidazole rings is 1. The molecular weight excluding hydrogens is 212 g/mol. The van der Waals surface area contributed by atoms with Crippen LogP contribution in [0.4, 0.5) is 0 Å². The van der Waals surface area contributed by atoms with Gasteiger partial charge in [0.05, 0.1) is 0 Å². The molecule has 0 saturated carbocycles. The average molecular weight is 223 g/mol. The van der Waals surface area contributed by atoms with E-state index in [0.717, 1.165) is 13.0 Å². The second-order valence-electron chi connectivity index (χ2n) is 2.72. The molecule has 0 amide bonds. The van der Waals surface area contributed by atoms with Gasteiger partial charge in [0.15, 0.2) is 0 Å². The average Bonchev–Trinajstić information content (AvgIpc) is 2.34. The lowest BCUT2D eigenvalue weighted by Gasteiger charge is -2.03. The Morgan fingerprint density at radius 1 is 1.62 bits per heavy atom. The van der Waals surface area contributed by atoms with Crippen molar-refractivity contribution in [1.29, 1.82) is 0 Å². The molecule has 0 radical (unpaired) electrons. The predicted octanol–water partition coefficient (Wildman–Crippen LogP) is 1.36. The van der Waals surface area contributed by atoms with E-state index in [-0.39, 0.29) is 5.75 Å². The first-order valence-corrected chi connectivity index (χ1v) is 6.43. The molecule has 4 nitrogen and oxygen atoms in total. The maximum atomic E-state index is 10.8. The van der Waals surface area contributed by atoms with Crippen LogP contribution in [0.3, 0.4) is 0 Å². The zero-order chi connectivity index (χ0) is 9.90. The van der Waals surface area contributed by atoms with E-state index in [1.807, 2.05) is 6.92 Å². The van der Waals surface area contributed by atoms with Crippen molar-refractivity contribution < 1.29 is 8.42 Å². The van der Waals surface area contributed by atoms with Crippen molar-refractivity contribution in [3.63, 3.8) is 0 Å². The van der Waals surface area contributed by atoms with Gasteiger partial charge in [0, 0.05) is 29.6 Å². The molecule has 1 heterocycles. The first-order chi connectivity index (χ1) is 6.03. The highest BCUT2D eigenvalue weighted by molar-refractivity contribution is 8.13. The van der Waals surface area contributed by atoms with Gasteiger partial charge < -0.3 is 4.57 Å². The van der Waals surface area contributed by atoms with E-state index in [9.17, 15) is 8.42 Å². The molecule has 1 aromatic rings. The van der Waals surface area contributed by atoms with Crippen LogP contribution in [-0.2, 0) is 21.3 Å². The van der Waals surface area contributed by atoms with E-state index < -0.39 is 9.05 Å². The van der Waals surface area contributed by atoms with Crippen LogP contribution < -0.4 is 0 Å². The van der Waals surface area contributed by atoms with Gasteiger partial charge in [0.25, 0.3) is 0 Å². The van der Waals surface area contributed by atoms with Gasteiger partial charge in [-0.15, -0.1) is 0 Å². The van der Waals surface area contributed by atoms with E-state index in [1.54, 1.807) is 17.0 Å². The third-order valence-corrected chi connectivity index (χ3v) is 2.50. The molecule has 0 atom stereocenters. The fourth-order valence-corrected chi connectivity index (χ4v) is 1.92. The molecule has 0 fully saturated rings. The number of hydrogen-bond acceptors (Lipinski definition) is 3. The molecule has 0 aromatic carbocycles. The van der Waals surface area contributed by atoms with Crippen molar-refractivity contribution in [3.8, 4) is 0 Å². The Labute approximate surface area is 82.0 Å². The third kappa shape index (κ3) is 3.36. The van der Waals surface area contributed by atoms with Crippen LogP contribution in [0.5, 0.6) is 0 Å². The minimum Gasteiger partial charge on any atom is -0.334 e. The van der Waals surface area contributed by atoms with Crippen molar-refractivity contribution in [2.75, 3.05) is 0 Å². The molecule has 6 heteroatoms. The second-order valence-corrected chi connectivity index (χ2v) is 5.50. The third-order valence-electron chi connectivity index (χ3n) is 1.57. The number of nitrogens with zero attached hydrogens (tertiary/aromatic N) is 2. The smallest absolute Gasteiger partial charge is 0.239 e. The first kappa shape index (κ1) is 10.5. The molecule has 1 aromatic heterocycles. The highest BCUT2D eigenvalue weighted by Gasteiger charge is 2.11. The molecular formula is C7H11ClN2O2S. The van der Waals surface area contributed by atoms with Gasteiger partial charge in [-0.1, -0.05) is 6.92 Å². The summed E-state index contributed by atoms with van der Waals surface area (Å²) in [6.45, 7) is 2.78. The van der Waals surface area contributed by atoms with Gasteiger partial charge in [-0.2, -0.15) is 0 Å². The summed E-state index contributed by atoms with van der Waals surface area (Å²) in [4.78, 5) is 3.92. The van der Waals surface area contributed by atoms with Gasteiger partial charge in [-0.05, 0) is 6.42 Å². The molecule has 0 aliphatic carbocycles. The van der Waals surface area contributed by atoms with Gasteiger partial charge in [0.2, 0.25) is 9.05 Å². The molecule has 0 saturated heterocycles. The molecule has 0 spiro atoms. The predicted molar refractivity (Wildman–Crippen MR) is 51.0 cm³/mol. The first-order valence-electron chi connectivity index (χ1n) is 3.95. The van der Waals surface area contributed by atoms with E-state index in [1.165, 1.54) is 0 Å². The quantitative estimate of drug-likeness (QED) is 0.723. The fourth-order valence-electron chi connectivity index (χ4n) is 1.08. The normalized spacial score (nSPS) is 11.8. The molecule has 0 N–H and O–H groups in total. The Kier molecular flexibility index (Phi) is 3.33. The second kappa shape index (κ2) is 4.11. The van der Waals surface area contributed by atoms with Crippen LogP contribution >= 0.6 is 10.7 Å². The Morgan fingerprint density at radius 2 is 2.31 bits per heavy atom. The lowest BCUT2D eigenvalue weighted by Crippen LogP contribution is -2.06. The Morgan fingerprint density at radius 3 is 2.85 bits per heavy atom. The summed E-state index contributed by atoms with van der Waals surface area (Å²) in [5, 5.41) is 0. The molecule has 0 unspecified atom stereocenters. The van der Waals surface area contributed by atoms with E-state index in [4.69, 9.17) is 10.7 Å². The lowest BCUT2D eigenvalue weighted by atomic mass is 10.5. The summed E-state index contributed by atoms with van der Waals surface area (Å²) in [6.07, 6.45) is 4.26. The Bertz CT molecular complexity index is 372. The Hall–Kier alpha value is -0.550. The van der Waals surface area contributed by atoms with Crippen LogP contribution in [0.1, 0.15) is 19.2 Å². The van der Waals surface area contributed by atoms with Crippen LogP contribution in [0.15, 0.2) is 12.4 Å². The molecule has 74 valence electrons. The number of rotatable bonds is 4. The van der Waals surface area contributed by atoms with Crippen LogP contribution in [0.25, 0.3) is 0 Å². The van der Waals surface area contributed by atoms with Crippen LogP contribution in [0, 0.1) is 0 Å².